The molecule has 1 atom stereocenters. The highest BCUT2D eigenvalue weighted by molar-refractivity contribution is 7.99. The number of H-pyrrole nitrogens is 1. The molecule has 1 saturated heterocycles. The third-order valence-electron chi connectivity index (χ3n) is 4.88. The fraction of sp³-hybridized carbons (Fsp3) is 0.238. The molecule has 0 aliphatic carbocycles. The van der Waals surface area contributed by atoms with E-state index in [-0.39, 0.29) is 12.3 Å². The fourth-order valence-electron chi connectivity index (χ4n) is 3.35. The van der Waals surface area contributed by atoms with E-state index in [2.05, 4.69) is 10.3 Å². The molecule has 1 fully saturated rings. The summed E-state index contributed by atoms with van der Waals surface area (Å²) in [7, 11) is 0. The second-order valence-electron chi connectivity index (χ2n) is 6.88. The molecule has 29 heavy (non-hydrogen) atoms. The van der Waals surface area contributed by atoms with E-state index in [4.69, 9.17) is 11.6 Å². The Morgan fingerprint density at radius 2 is 2.07 bits per heavy atom. The summed E-state index contributed by atoms with van der Waals surface area (Å²) in [5.41, 5.74) is 1.48. The van der Waals surface area contributed by atoms with Crippen LogP contribution in [0.4, 0.5) is 4.39 Å². The van der Waals surface area contributed by atoms with Crippen molar-refractivity contribution in [2.45, 2.75) is 12.5 Å². The standard InChI is InChI=1S/C21H19ClFN3O2S/c22-15-5-6-17-14(9-15)11-18(24-17)20(27)25-19(21(28)26-7-8-29-12-26)10-13-3-1-2-4-16(13)23/h1-6,9,11,19,24H,7-8,10,12H2,(H,25,27). The molecule has 1 aliphatic heterocycles. The number of nitrogens with zero attached hydrogens (tertiary/aromatic N) is 1. The monoisotopic (exact) mass is 431 g/mol. The van der Waals surface area contributed by atoms with Gasteiger partial charge in [0.05, 0.1) is 5.88 Å². The van der Waals surface area contributed by atoms with Crippen LogP contribution in [0, 0.1) is 5.82 Å². The zero-order valence-corrected chi connectivity index (χ0v) is 17.0. The Hall–Kier alpha value is -2.51. The molecule has 5 nitrogen and oxygen atoms in total. The van der Waals surface area contributed by atoms with Crippen LogP contribution in [-0.4, -0.2) is 45.9 Å². The maximum atomic E-state index is 14.2. The number of thioether (sulfide) groups is 1. The van der Waals surface area contributed by atoms with E-state index in [0.29, 0.717) is 28.7 Å². The predicted octanol–water partition coefficient (Wildman–Crippen LogP) is 3.83. The Kier molecular flexibility index (Phi) is 5.78. The van der Waals surface area contributed by atoms with Crippen LogP contribution in [0.2, 0.25) is 5.02 Å². The van der Waals surface area contributed by atoms with Crippen molar-refractivity contribution in [3.05, 3.63) is 70.6 Å². The molecule has 8 heteroatoms. The van der Waals surface area contributed by atoms with Gasteiger partial charge < -0.3 is 15.2 Å². The number of hydrogen-bond donors (Lipinski definition) is 2. The molecule has 2 heterocycles. The second-order valence-corrected chi connectivity index (χ2v) is 8.39. The van der Waals surface area contributed by atoms with Crippen molar-refractivity contribution < 1.29 is 14.0 Å². The van der Waals surface area contributed by atoms with Gasteiger partial charge in [0, 0.05) is 34.6 Å². The molecule has 0 spiro atoms. The van der Waals surface area contributed by atoms with Gasteiger partial charge in [-0.25, -0.2) is 4.39 Å². The van der Waals surface area contributed by atoms with Crippen LogP contribution in [0.1, 0.15) is 16.1 Å². The molecule has 150 valence electrons. The summed E-state index contributed by atoms with van der Waals surface area (Å²) >= 11 is 7.67. The Morgan fingerprint density at radius 1 is 1.24 bits per heavy atom. The van der Waals surface area contributed by atoms with Gasteiger partial charge in [0.25, 0.3) is 5.91 Å². The maximum absolute atomic E-state index is 14.2. The summed E-state index contributed by atoms with van der Waals surface area (Å²) in [4.78, 5) is 30.6. The minimum Gasteiger partial charge on any atom is -0.351 e. The number of nitrogens with one attached hydrogen (secondary N) is 2. The minimum atomic E-state index is -0.854. The molecule has 1 aliphatic rings. The lowest BCUT2D eigenvalue weighted by molar-refractivity contribution is -0.131. The van der Waals surface area contributed by atoms with E-state index in [1.807, 2.05) is 0 Å². The summed E-state index contributed by atoms with van der Waals surface area (Å²) in [6.07, 6.45) is 0.0878. The molecule has 4 rings (SSSR count). The van der Waals surface area contributed by atoms with Crippen LogP contribution in [0.5, 0.6) is 0 Å². The molecular weight excluding hydrogens is 413 g/mol. The summed E-state index contributed by atoms with van der Waals surface area (Å²) in [6.45, 7) is 0.623. The lowest BCUT2D eigenvalue weighted by atomic mass is 10.0. The van der Waals surface area contributed by atoms with Gasteiger partial charge in [0.1, 0.15) is 17.6 Å². The van der Waals surface area contributed by atoms with Crippen molar-refractivity contribution in [2.75, 3.05) is 18.2 Å². The molecule has 0 saturated carbocycles. The Labute approximate surface area is 176 Å². The van der Waals surface area contributed by atoms with Crippen molar-refractivity contribution in [3.63, 3.8) is 0 Å². The van der Waals surface area contributed by atoms with Crippen molar-refractivity contribution >= 4 is 46.1 Å². The number of carbonyl (C=O) groups is 2. The number of halogens is 2. The third-order valence-corrected chi connectivity index (χ3v) is 6.08. The SMILES string of the molecule is O=C(NC(Cc1ccccc1F)C(=O)N1CCSC1)c1cc2cc(Cl)ccc2[nH]1. The van der Waals surface area contributed by atoms with E-state index in [1.165, 1.54) is 6.07 Å². The van der Waals surface area contributed by atoms with Gasteiger partial charge in [0.15, 0.2) is 0 Å². The number of aromatic nitrogens is 1. The van der Waals surface area contributed by atoms with Gasteiger partial charge in [-0.2, -0.15) is 0 Å². The molecule has 1 unspecified atom stereocenters. The Balaban J connectivity index is 1.58. The van der Waals surface area contributed by atoms with Gasteiger partial charge >= 0.3 is 0 Å². The van der Waals surface area contributed by atoms with Crippen LogP contribution in [-0.2, 0) is 11.2 Å². The number of rotatable bonds is 5. The highest BCUT2D eigenvalue weighted by Crippen LogP contribution is 2.21. The van der Waals surface area contributed by atoms with Crippen molar-refractivity contribution in [1.82, 2.24) is 15.2 Å². The van der Waals surface area contributed by atoms with Crippen LogP contribution in [0.15, 0.2) is 48.5 Å². The van der Waals surface area contributed by atoms with Gasteiger partial charge in [0.2, 0.25) is 5.91 Å². The first-order chi connectivity index (χ1) is 14.0. The smallest absolute Gasteiger partial charge is 0.268 e. The van der Waals surface area contributed by atoms with E-state index < -0.39 is 17.8 Å². The zero-order valence-electron chi connectivity index (χ0n) is 15.5. The Bertz CT molecular complexity index is 1070. The number of hydrogen-bond acceptors (Lipinski definition) is 3. The highest BCUT2D eigenvalue weighted by Gasteiger charge is 2.29. The van der Waals surface area contributed by atoms with E-state index in [0.717, 1.165) is 16.7 Å². The molecule has 0 radical (unpaired) electrons. The summed E-state index contributed by atoms with van der Waals surface area (Å²) in [6, 6.07) is 12.4. The van der Waals surface area contributed by atoms with Crippen LogP contribution in [0.3, 0.4) is 0 Å². The topological polar surface area (TPSA) is 65.2 Å². The molecule has 2 aromatic carbocycles. The summed E-state index contributed by atoms with van der Waals surface area (Å²) in [5, 5.41) is 4.16. The zero-order chi connectivity index (χ0) is 20.4. The normalized spacial score (nSPS) is 14.9. The number of aromatic amines is 1. The first kappa shape index (κ1) is 19.8. The molecule has 3 aromatic rings. The first-order valence-corrected chi connectivity index (χ1v) is 10.7. The van der Waals surface area contributed by atoms with Gasteiger partial charge in [-0.3, -0.25) is 9.59 Å². The van der Waals surface area contributed by atoms with E-state index >= 15 is 0 Å². The van der Waals surface area contributed by atoms with E-state index in [1.54, 1.807) is 59.1 Å². The maximum Gasteiger partial charge on any atom is 0.268 e. The largest absolute Gasteiger partial charge is 0.351 e. The number of fused-ring (bicyclic) bond motifs is 1. The van der Waals surface area contributed by atoms with E-state index in [9.17, 15) is 14.0 Å². The van der Waals surface area contributed by atoms with Crippen LogP contribution in [0.25, 0.3) is 10.9 Å². The number of benzene rings is 2. The molecule has 1 aromatic heterocycles. The quantitative estimate of drug-likeness (QED) is 0.645. The van der Waals surface area contributed by atoms with Gasteiger partial charge in [-0.1, -0.05) is 29.8 Å². The van der Waals surface area contributed by atoms with Crippen LogP contribution >= 0.6 is 23.4 Å². The third kappa shape index (κ3) is 4.41. The van der Waals surface area contributed by atoms with Crippen LogP contribution < -0.4 is 5.32 Å². The molecule has 0 bridgehead atoms. The fourth-order valence-corrected chi connectivity index (χ4v) is 4.49. The average molecular weight is 432 g/mol. The van der Waals surface area contributed by atoms with Crippen molar-refractivity contribution in [2.24, 2.45) is 0 Å². The van der Waals surface area contributed by atoms with Crippen molar-refractivity contribution in [3.8, 4) is 0 Å². The molecule has 2 amide bonds. The second kappa shape index (κ2) is 8.47. The first-order valence-electron chi connectivity index (χ1n) is 9.20. The van der Waals surface area contributed by atoms with Gasteiger partial charge in [-0.15, -0.1) is 11.8 Å². The lowest BCUT2D eigenvalue weighted by Crippen LogP contribution is -2.49. The lowest BCUT2D eigenvalue weighted by Gasteiger charge is -2.23. The molecular formula is C21H19ClFN3O2S. The summed E-state index contributed by atoms with van der Waals surface area (Å²) < 4.78 is 14.2. The average Bonchev–Trinajstić information content (AvgIpc) is 3.38. The minimum absolute atomic E-state index is 0.0878. The number of carbonyl (C=O) groups excluding carboxylic acids is 2. The Morgan fingerprint density at radius 3 is 2.83 bits per heavy atom. The molecule has 2 N–H and O–H groups in total. The number of amides is 2. The van der Waals surface area contributed by atoms with Crippen molar-refractivity contribution in [1.29, 1.82) is 0 Å². The highest BCUT2D eigenvalue weighted by atomic mass is 35.5. The summed E-state index contributed by atoms with van der Waals surface area (Å²) in [5.74, 6) is 0.419. The van der Waals surface area contributed by atoms with Gasteiger partial charge in [-0.05, 0) is 35.9 Å². The predicted molar refractivity (Wildman–Crippen MR) is 114 cm³/mol.